The number of carbonyl (C=O) groups excluding carboxylic acids is 2. The number of nitrogens with two attached hydrogens (primary N) is 1. The molecule has 0 bridgehead atoms. The predicted molar refractivity (Wildman–Crippen MR) is 148 cm³/mol. The molecular formula is C30H32N4O5. The van der Waals surface area contributed by atoms with Crippen LogP contribution in [0.2, 0.25) is 0 Å². The molecule has 0 aliphatic carbocycles. The van der Waals surface area contributed by atoms with Crippen molar-refractivity contribution >= 4 is 22.8 Å². The Morgan fingerprint density at radius 1 is 0.872 bits per heavy atom. The minimum atomic E-state index is -0.933. The number of carbonyl (C=O) groups is 2. The third kappa shape index (κ3) is 7.28. The van der Waals surface area contributed by atoms with Gasteiger partial charge in [0.15, 0.2) is 5.78 Å². The van der Waals surface area contributed by atoms with Gasteiger partial charge in [0.1, 0.15) is 23.3 Å². The molecule has 0 spiro atoms. The molecule has 1 amide bonds. The van der Waals surface area contributed by atoms with E-state index < -0.39 is 6.09 Å². The summed E-state index contributed by atoms with van der Waals surface area (Å²) in [7, 11) is 1.59. The number of pyridine rings is 1. The molecule has 0 aliphatic heterocycles. The number of aromatic nitrogens is 3. The maximum atomic E-state index is 12.6. The van der Waals surface area contributed by atoms with Crippen LogP contribution in [0.15, 0.2) is 61.1 Å². The second-order valence-electron chi connectivity index (χ2n) is 9.13. The summed E-state index contributed by atoms with van der Waals surface area (Å²) in [4.78, 5) is 36.8. The molecule has 9 heteroatoms. The van der Waals surface area contributed by atoms with E-state index in [0.717, 1.165) is 59.8 Å². The molecule has 4 aromatic rings. The van der Waals surface area contributed by atoms with Crippen LogP contribution in [-0.4, -0.2) is 40.5 Å². The zero-order valence-electron chi connectivity index (χ0n) is 22.2. The monoisotopic (exact) mass is 528 g/mol. The Labute approximate surface area is 227 Å². The zero-order valence-corrected chi connectivity index (χ0v) is 22.2. The zero-order chi connectivity index (χ0) is 27.6. The SMILES string of the molecule is COc1ccc(-c2cc(OCCCCCCCC(=O)c3ccccc3OC(N)=O)c3ncnc(C)c3c2)cn1. The molecule has 0 unspecified atom stereocenters. The van der Waals surface area contributed by atoms with E-state index in [1.54, 1.807) is 43.9 Å². The van der Waals surface area contributed by atoms with Crippen LogP contribution in [0.25, 0.3) is 22.0 Å². The van der Waals surface area contributed by atoms with E-state index in [1.807, 2.05) is 25.1 Å². The topological polar surface area (TPSA) is 127 Å². The lowest BCUT2D eigenvalue weighted by atomic mass is 10.0. The summed E-state index contributed by atoms with van der Waals surface area (Å²) in [5.41, 5.74) is 9.05. The number of hydrogen-bond donors (Lipinski definition) is 1. The predicted octanol–water partition coefficient (Wildman–Crippen LogP) is 6.07. The number of ether oxygens (including phenoxy) is 3. The average molecular weight is 529 g/mol. The number of methoxy groups -OCH3 is 1. The van der Waals surface area contributed by atoms with Crippen molar-refractivity contribution in [3.63, 3.8) is 0 Å². The van der Waals surface area contributed by atoms with E-state index >= 15 is 0 Å². The van der Waals surface area contributed by atoms with Gasteiger partial charge in [0, 0.05) is 35.3 Å². The van der Waals surface area contributed by atoms with Gasteiger partial charge in [0.25, 0.3) is 0 Å². The summed E-state index contributed by atoms with van der Waals surface area (Å²) in [5, 5.41) is 0.938. The molecular weight excluding hydrogens is 496 g/mol. The molecule has 2 aromatic carbocycles. The number of nitrogens with zero attached hydrogens (tertiary/aromatic N) is 3. The minimum Gasteiger partial charge on any atom is -0.491 e. The van der Waals surface area contributed by atoms with Gasteiger partial charge in [-0.3, -0.25) is 4.79 Å². The van der Waals surface area contributed by atoms with E-state index in [0.29, 0.717) is 30.2 Å². The average Bonchev–Trinajstić information content (AvgIpc) is 2.94. The van der Waals surface area contributed by atoms with Crippen molar-refractivity contribution in [1.29, 1.82) is 0 Å². The van der Waals surface area contributed by atoms with Gasteiger partial charge < -0.3 is 19.9 Å². The van der Waals surface area contributed by atoms with E-state index in [9.17, 15) is 9.59 Å². The van der Waals surface area contributed by atoms with Crippen molar-refractivity contribution < 1.29 is 23.8 Å². The summed E-state index contributed by atoms with van der Waals surface area (Å²) in [6, 6.07) is 14.5. The number of fused-ring (bicyclic) bond motifs is 1. The fraction of sp³-hybridized carbons (Fsp3) is 0.300. The molecule has 0 saturated carbocycles. The van der Waals surface area contributed by atoms with E-state index in [1.165, 1.54) is 0 Å². The molecule has 202 valence electrons. The fourth-order valence-electron chi connectivity index (χ4n) is 4.34. The number of amides is 1. The number of benzene rings is 2. The lowest BCUT2D eigenvalue weighted by molar-refractivity contribution is 0.0976. The van der Waals surface area contributed by atoms with Crippen LogP contribution >= 0.6 is 0 Å². The van der Waals surface area contributed by atoms with Crippen molar-refractivity contribution in [2.45, 2.75) is 45.4 Å². The van der Waals surface area contributed by atoms with Gasteiger partial charge in [-0.05, 0) is 55.7 Å². The van der Waals surface area contributed by atoms with E-state index in [-0.39, 0.29) is 11.5 Å². The largest absolute Gasteiger partial charge is 0.491 e. The van der Waals surface area contributed by atoms with Crippen molar-refractivity contribution in [3.05, 3.63) is 72.3 Å². The van der Waals surface area contributed by atoms with Gasteiger partial charge in [-0.25, -0.2) is 19.7 Å². The minimum absolute atomic E-state index is 0.0636. The molecule has 4 rings (SSSR count). The van der Waals surface area contributed by atoms with Crippen LogP contribution in [0.1, 0.15) is 54.6 Å². The number of primary amides is 1. The fourth-order valence-corrected chi connectivity index (χ4v) is 4.34. The number of Topliss-reactive ketones (excluding diaryl/α,β-unsaturated/α-hetero) is 1. The molecule has 0 saturated heterocycles. The third-order valence-corrected chi connectivity index (χ3v) is 6.39. The van der Waals surface area contributed by atoms with Gasteiger partial charge in [-0.15, -0.1) is 0 Å². The number of aryl methyl sites for hydroxylation is 1. The number of hydrogen-bond acceptors (Lipinski definition) is 8. The third-order valence-electron chi connectivity index (χ3n) is 6.39. The molecule has 0 aliphatic rings. The Morgan fingerprint density at radius 2 is 1.67 bits per heavy atom. The Balaban J connectivity index is 1.28. The van der Waals surface area contributed by atoms with Gasteiger partial charge in [-0.1, -0.05) is 31.4 Å². The molecule has 0 fully saturated rings. The highest BCUT2D eigenvalue weighted by molar-refractivity contribution is 5.99. The second kappa shape index (κ2) is 13.3. The Kier molecular flexibility index (Phi) is 9.39. The first-order valence-corrected chi connectivity index (χ1v) is 12.9. The first kappa shape index (κ1) is 27.5. The Morgan fingerprint density at radius 3 is 2.44 bits per heavy atom. The van der Waals surface area contributed by atoms with Gasteiger partial charge in [-0.2, -0.15) is 0 Å². The summed E-state index contributed by atoms with van der Waals surface area (Å²) in [5.74, 6) is 1.41. The quantitative estimate of drug-likeness (QED) is 0.164. The van der Waals surface area contributed by atoms with Crippen molar-refractivity contribution in [2.24, 2.45) is 5.73 Å². The summed E-state index contributed by atoms with van der Waals surface area (Å²) in [6.45, 7) is 2.51. The number of para-hydroxylation sites is 1. The first-order valence-electron chi connectivity index (χ1n) is 12.9. The first-order chi connectivity index (χ1) is 19.0. The smallest absolute Gasteiger partial charge is 0.409 e. The van der Waals surface area contributed by atoms with E-state index in [4.69, 9.17) is 19.9 Å². The highest BCUT2D eigenvalue weighted by Crippen LogP contribution is 2.33. The standard InChI is InChI=1S/C30H32N4O5/c1-20-24-16-22(21-13-14-28(37-2)32-18-21)17-27(29(24)34-19-33-20)38-15-9-5-3-4-6-11-25(35)23-10-7-8-12-26(23)39-30(31)36/h7-8,10,12-14,16-19H,3-6,9,11,15H2,1-2H3,(H2,31,36). The molecule has 39 heavy (non-hydrogen) atoms. The number of ketones is 1. The van der Waals surface area contributed by atoms with Crippen molar-refractivity contribution in [1.82, 2.24) is 15.0 Å². The maximum Gasteiger partial charge on any atom is 0.409 e. The lowest BCUT2D eigenvalue weighted by Gasteiger charge is -2.13. The van der Waals surface area contributed by atoms with Crippen molar-refractivity contribution in [3.8, 4) is 28.5 Å². The second-order valence-corrected chi connectivity index (χ2v) is 9.13. The number of rotatable bonds is 13. The van der Waals surface area contributed by atoms with Gasteiger partial charge >= 0.3 is 6.09 Å². The van der Waals surface area contributed by atoms with Crippen LogP contribution in [-0.2, 0) is 0 Å². The summed E-state index contributed by atoms with van der Waals surface area (Å²) in [6.07, 6.45) is 7.28. The lowest BCUT2D eigenvalue weighted by Crippen LogP contribution is -2.18. The highest BCUT2D eigenvalue weighted by atomic mass is 16.5. The van der Waals surface area contributed by atoms with E-state index in [2.05, 4.69) is 21.0 Å². The molecule has 2 heterocycles. The molecule has 9 nitrogen and oxygen atoms in total. The molecule has 0 radical (unpaired) electrons. The Bertz CT molecular complexity index is 1440. The van der Waals surface area contributed by atoms with Crippen LogP contribution < -0.4 is 19.9 Å². The molecule has 2 N–H and O–H groups in total. The highest BCUT2D eigenvalue weighted by Gasteiger charge is 2.14. The van der Waals surface area contributed by atoms with Gasteiger partial charge in [0.05, 0.1) is 19.3 Å². The summed E-state index contributed by atoms with van der Waals surface area (Å²) < 4.78 is 16.3. The summed E-state index contributed by atoms with van der Waals surface area (Å²) >= 11 is 0. The van der Waals surface area contributed by atoms with Crippen LogP contribution in [0.4, 0.5) is 4.79 Å². The number of unbranched alkanes of at least 4 members (excludes halogenated alkanes) is 4. The Hall–Kier alpha value is -4.53. The van der Waals surface area contributed by atoms with Gasteiger partial charge in [0.2, 0.25) is 5.88 Å². The molecule has 0 atom stereocenters. The van der Waals surface area contributed by atoms with Crippen molar-refractivity contribution in [2.75, 3.05) is 13.7 Å². The normalized spacial score (nSPS) is 10.8. The van der Waals surface area contributed by atoms with Crippen LogP contribution in [0, 0.1) is 6.92 Å². The van der Waals surface area contributed by atoms with Crippen LogP contribution in [0.5, 0.6) is 17.4 Å². The maximum absolute atomic E-state index is 12.6. The van der Waals surface area contributed by atoms with Crippen LogP contribution in [0.3, 0.4) is 0 Å². The molecule has 2 aromatic heterocycles.